The van der Waals surface area contributed by atoms with Crippen LogP contribution in [0.5, 0.6) is 0 Å². The van der Waals surface area contributed by atoms with Crippen LogP contribution < -0.4 is 0 Å². The van der Waals surface area contributed by atoms with E-state index in [1.165, 1.54) is 5.56 Å². The standard InChI is InChI=1S/C11H18N2O2/c1-8-5-13(6-9(2)14-8)7-11-4-12-15-10(11)3/h4,8-9H,5-7H2,1-3H3. The first-order valence-corrected chi connectivity index (χ1v) is 5.43. The van der Waals surface area contributed by atoms with Crippen molar-refractivity contribution in [2.24, 2.45) is 0 Å². The number of rotatable bonds is 2. The Hall–Kier alpha value is -0.870. The topological polar surface area (TPSA) is 38.5 Å². The molecule has 1 aromatic heterocycles. The van der Waals surface area contributed by atoms with Gasteiger partial charge < -0.3 is 9.26 Å². The van der Waals surface area contributed by atoms with Crippen LogP contribution in [0.25, 0.3) is 0 Å². The molecule has 0 radical (unpaired) electrons. The van der Waals surface area contributed by atoms with Gasteiger partial charge in [0.2, 0.25) is 0 Å². The normalized spacial score (nSPS) is 28.2. The van der Waals surface area contributed by atoms with E-state index < -0.39 is 0 Å². The summed E-state index contributed by atoms with van der Waals surface area (Å²) in [5.41, 5.74) is 1.18. The number of hydrogen-bond acceptors (Lipinski definition) is 4. The molecule has 1 saturated heterocycles. The summed E-state index contributed by atoms with van der Waals surface area (Å²) in [6, 6.07) is 0. The van der Waals surface area contributed by atoms with Gasteiger partial charge in [-0.2, -0.15) is 0 Å². The minimum atomic E-state index is 0.314. The first-order valence-electron chi connectivity index (χ1n) is 5.43. The molecule has 1 aliphatic heterocycles. The van der Waals surface area contributed by atoms with E-state index in [0.717, 1.165) is 25.4 Å². The van der Waals surface area contributed by atoms with Crippen LogP contribution in [0.1, 0.15) is 25.2 Å². The van der Waals surface area contributed by atoms with Gasteiger partial charge in [-0.25, -0.2) is 0 Å². The average molecular weight is 210 g/mol. The van der Waals surface area contributed by atoms with Crippen LogP contribution in [0, 0.1) is 6.92 Å². The van der Waals surface area contributed by atoms with E-state index in [-0.39, 0.29) is 0 Å². The van der Waals surface area contributed by atoms with Crippen molar-refractivity contribution in [2.45, 2.75) is 39.5 Å². The molecule has 1 fully saturated rings. The molecule has 0 aliphatic carbocycles. The summed E-state index contributed by atoms with van der Waals surface area (Å²) >= 11 is 0. The predicted molar refractivity (Wildman–Crippen MR) is 56.5 cm³/mol. The Morgan fingerprint density at radius 2 is 2.07 bits per heavy atom. The Labute approximate surface area is 90.2 Å². The highest BCUT2D eigenvalue weighted by atomic mass is 16.5. The first-order chi connectivity index (χ1) is 7.15. The monoisotopic (exact) mass is 210 g/mol. The first kappa shape index (κ1) is 10.6. The summed E-state index contributed by atoms with van der Waals surface area (Å²) < 4.78 is 10.7. The van der Waals surface area contributed by atoms with Crippen molar-refractivity contribution >= 4 is 0 Å². The molecule has 0 N–H and O–H groups in total. The average Bonchev–Trinajstić information content (AvgIpc) is 2.50. The Balaban J connectivity index is 1.97. The van der Waals surface area contributed by atoms with Crippen molar-refractivity contribution in [3.8, 4) is 0 Å². The molecule has 0 aromatic carbocycles. The van der Waals surface area contributed by atoms with E-state index in [9.17, 15) is 0 Å². The lowest BCUT2D eigenvalue weighted by molar-refractivity contribution is -0.0705. The maximum atomic E-state index is 5.69. The smallest absolute Gasteiger partial charge is 0.138 e. The Morgan fingerprint density at radius 3 is 2.60 bits per heavy atom. The Kier molecular flexibility index (Phi) is 3.07. The molecule has 1 aliphatic rings. The molecular weight excluding hydrogens is 192 g/mol. The zero-order valence-electron chi connectivity index (χ0n) is 9.56. The summed E-state index contributed by atoms with van der Waals surface area (Å²) in [6.07, 6.45) is 2.43. The molecule has 2 rings (SSSR count). The molecule has 0 spiro atoms. The molecule has 15 heavy (non-hydrogen) atoms. The maximum Gasteiger partial charge on any atom is 0.138 e. The van der Waals surface area contributed by atoms with E-state index >= 15 is 0 Å². The number of morpholine rings is 1. The molecule has 2 unspecified atom stereocenters. The van der Waals surface area contributed by atoms with Crippen LogP contribution >= 0.6 is 0 Å². The summed E-state index contributed by atoms with van der Waals surface area (Å²) in [6.45, 7) is 9.05. The third-order valence-electron chi connectivity index (χ3n) is 2.74. The molecule has 1 aromatic rings. The van der Waals surface area contributed by atoms with Gasteiger partial charge in [0, 0.05) is 25.2 Å². The van der Waals surface area contributed by atoms with E-state index in [2.05, 4.69) is 23.9 Å². The second kappa shape index (κ2) is 4.33. The summed E-state index contributed by atoms with van der Waals surface area (Å²) in [7, 11) is 0. The minimum absolute atomic E-state index is 0.314. The fourth-order valence-corrected chi connectivity index (χ4v) is 2.13. The van der Waals surface area contributed by atoms with Gasteiger partial charge in [0.25, 0.3) is 0 Å². The van der Waals surface area contributed by atoms with Gasteiger partial charge in [0.15, 0.2) is 0 Å². The number of aromatic nitrogens is 1. The molecular formula is C11H18N2O2. The van der Waals surface area contributed by atoms with E-state index in [1.54, 1.807) is 6.20 Å². The van der Waals surface area contributed by atoms with Gasteiger partial charge in [-0.3, -0.25) is 4.90 Å². The van der Waals surface area contributed by atoms with Gasteiger partial charge in [0.1, 0.15) is 5.76 Å². The van der Waals surface area contributed by atoms with Crippen molar-refractivity contribution in [2.75, 3.05) is 13.1 Å². The van der Waals surface area contributed by atoms with Crippen LogP contribution in [-0.2, 0) is 11.3 Å². The Morgan fingerprint density at radius 1 is 1.40 bits per heavy atom. The highest BCUT2D eigenvalue weighted by Gasteiger charge is 2.22. The second-order valence-electron chi connectivity index (χ2n) is 4.36. The van der Waals surface area contributed by atoms with E-state index in [1.807, 2.05) is 6.92 Å². The predicted octanol–water partition coefficient (Wildman–Crippen LogP) is 1.59. The van der Waals surface area contributed by atoms with Gasteiger partial charge in [0.05, 0.1) is 18.4 Å². The largest absolute Gasteiger partial charge is 0.373 e. The SMILES string of the molecule is Cc1oncc1CN1CC(C)OC(C)C1. The van der Waals surface area contributed by atoms with Crippen molar-refractivity contribution in [1.82, 2.24) is 10.1 Å². The third kappa shape index (κ3) is 2.58. The zero-order valence-corrected chi connectivity index (χ0v) is 9.56. The van der Waals surface area contributed by atoms with Crippen LogP contribution in [0.4, 0.5) is 0 Å². The van der Waals surface area contributed by atoms with Crippen molar-refractivity contribution in [3.63, 3.8) is 0 Å². The van der Waals surface area contributed by atoms with E-state index in [4.69, 9.17) is 9.26 Å². The number of ether oxygens (including phenoxy) is 1. The lowest BCUT2D eigenvalue weighted by Crippen LogP contribution is -2.44. The Bertz CT molecular complexity index is 314. The highest BCUT2D eigenvalue weighted by molar-refractivity contribution is 5.11. The summed E-state index contributed by atoms with van der Waals surface area (Å²) in [5, 5.41) is 3.79. The minimum Gasteiger partial charge on any atom is -0.373 e. The highest BCUT2D eigenvalue weighted by Crippen LogP contribution is 2.15. The van der Waals surface area contributed by atoms with Crippen molar-refractivity contribution < 1.29 is 9.26 Å². The number of nitrogens with zero attached hydrogens (tertiary/aromatic N) is 2. The van der Waals surface area contributed by atoms with Crippen LogP contribution in [0.15, 0.2) is 10.7 Å². The van der Waals surface area contributed by atoms with E-state index in [0.29, 0.717) is 12.2 Å². The fourth-order valence-electron chi connectivity index (χ4n) is 2.13. The van der Waals surface area contributed by atoms with Gasteiger partial charge in [-0.15, -0.1) is 0 Å². The lowest BCUT2D eigenvalue weighted by Gasteiger charge is -2.35. The summed E-state index contributed by atoms with van der Waals surface area (Å²) in [5.74, 6) is 0.918. The lowest BCUT2D eigenvalue weighted by atomic mass is 10.2. The van der Waals surface area contributed by atoms with Gasteiger partial charge in [-0.1, -0.05) is 5.16 Å². The zero-order chi connectivity index (χ0) is 10.8. The molecule has 0 amide bonds. The van der Waals surface area contributed by atoms with Crippen molar-refractivity contribution in [1.29, 1.82) is 0 Å². The molecule has 0 saturated carbocycles. The molecule has 2 atom stereocenters. The summed E-state index contributed by atoms with van der Waals surface area (Å²) in [4.78, 5) is 2.39. The van der Waals surface area contributed by atoms with Crippen LogP contribution in [-0.4, -0.2) is 35.4 Å². The fraction of sp³-hybridized carbons (Fsp3) is 0.727. The molecule has 2 heterocycles. The van der Waals surface area contributed by atoms with Gasteiger partial charge >= 0.3 is 0 Å². The maximum absolute atomic E-state index is 5.69. The number of aryl methyl sites for hydroxylation is 1. The quantitative estimate of drug-likeness (QED) is 0.743. The van der Waals surface area contributed by atoms with Crippen LogP contribution in [0.2, 0.25) is 0 Å². The molecule has 0 bridgehead atoms. The number of hydrogen-bond donors (Lipinski definition) is 0. The van der Waals surface area contributed by atoms with Gasteiger partial charge in [-0.05, 0) is 20.8 Å². The third-order valence-corrected chi connectivity index (χ3v) is 2.74. The molecule has 4 nitrogen and oxygen atoms in total. The second-order valence-corrected chi connectivity index (χ2v) is 4.36. The molecule has 84 valence electrons. The molecule has 4 heteroatoms. The van der Waals surface area contributed by atoms with Crippen LogP contribution in [0.3, 0.4) is 0 Å². The van der Waals surface area contributed by atoms with Crippen molar-refractivity contribution in [3.05, 3.63) is 17.5 Å².